The van der Waals surface area contributed by atoms with Crippen molar-refractivity contribution in [3.63, 3.8) is 0 Å². The quantitative estimate of drug-likeness (QED) is 0.814. The maximum absolute atomic E-state index is 11.6. The topological polar surface area (TPSA) is 67.6 Å². The first-order valence-electron chi connectivity index (χ1n) is 7.04. The molecule has 1 unspecified atom stereocenters. The van der Waals surface area contributed by atoms with Crippen molar-refractivity contribution in [3.8, 4) is 0 Å². The number of nitrogens with one attached hydrogen (secondary N) is 1. The average Bonchev–Trinajstić information content (AvgIpc) is 2.57. The van der Waals surface area contributed by atoms with Gasteiger partial charge in [0.2, 0.25) is 0 Å². The molecule has 1 rings (SSSR count). The highest BCUT2D eigenvalue weighted by Crippen LogP contribution is 2.29. The van der Waals surface area contributed by atoms with Crippen LogP contribution in [-0.4, -0.2) is 48.8 Å². The second kappa shape index (κ2) is 6.09. The molecule has 1 aliphatic rings. The predicted molar refractivity (Wildman–Crippen MR) is 77.1 cm³/mol. The molecule has 0 saturated carbocycles. The van der Waals surface area contributed by atoms with Gasteiger partial charge in [-0.05, 0) is 39.2 Å². The van der Waals surface area contributed by atoms with Crippen LogP contribution < -0.4 is 11.1 Å². The Morgan fingerprint density at radius 1 is 1.47 bits per heavy atom. The lowest BCUT2D eigenvalue weighted by atomic mass is 9.93. The van der Waals surface area contributed by atoms with Crippen LogP contribution in [-0.2, 0) is 4.74 Å². The fourth-order valence-corrected chi connectivity index (χ4v) is 2.34. The van der Waals surface area contributed by atoms with Crippen LogP contribution in [0.3, 0.4) is 0 Å². The van der Waals surface area contributed by atoms with E-state index in [0.29, 0.717) is 18.5 Å². The molecule has 1 aliphatic heterocycles. The summed E-state index contributed by atoms with van der Waals surface area (Å²) < 4.78 is 5.23. The molecule has 5 nitrogen and oxygen atoms in total. The van der Waals surface area contributed by atoms with Crippen LogP contribution in [0.5, 0.6) is 0 Å². The molecule has 0 aromatic carbocycles. The minimum atomic E-state index is -0.460. The van der Waals surface area contributed by atoms with Crippen molar-refractivity contribution in [2.75, 3.05) is 26.2 Å². The van der Waals surface area contributed by atoms with Crippen LogP contribution in [0.1, 0.15) is 41.0 Å². The molecule has 19 heavy (non-hydrogen) atoms. The van der Waals surface area contributed by atoms with Gasteiger partial charge in [-0.15, -0.1) is 0 Å². The molecule has 0 aromatic rings. The molecule has 112 valence electrons. The normalized spacial score (nSPS) is 21.2. The summed E-state index contributed by atoms with van der Waals surface area (Å²) in [6.07, 6.45) is 0.806. The van der Waals surface area contributed by atoms with Gasteiger partial charge in [0.15, 0.2) is 0 Å². The number of nitrogens with two attached hydrogens (primary N) is 1. The largest absolute Gasteiger partial charge is 0.444 e. The highest BCUT2D eigenvalue weighted by atomic mass is 16.6. The Labute approximate surface area is 116 Å². The van der Waals surface area contributed by atoms with Crippen LogP contribution in [0, 0.1) is 5.41 Å². The molecule has 3 N–H and O–H groups in total. The van der Waals surface area contributed by atoms with E-state index in [9.17, 15) is 4.79 Å². The Kier molecular flexibility index (Phi) is 5.21. The lowest BCUT2D eigenvalue weighted by molar-refractivity contribution is 0.0511. The summed E-state index contributed by atoms with van der Waals surface area (Å²) in [5, 5.41) is 2.81. The number of rotatable bonds is 4. The number of carbonyl (C=O) groups is 1. The second-order valence-corrected chi connectivity index (χ2v) is 7.16. The molecule has 1 fully saturated rings. The van der Waals surface area contributed by atoms with E-state index in [1.165, 1.54) is 6.42 Å². The fraction of sp³-hybridized carbons (Fsp3) is 0.929. The van der Waals surface area contributed by atoms with E-state index in [4.69, 9.17) is 10.5 Å². The molecule has 0 aromatic heterocycles. The molecule has 0 aliphatic carbocycles. The number of likely N-dealkylation sites (tertiary alicyclic amines) is 1. The van der Waals surface area contributed by atoms with Gasteiger partial charge >= 0.3 is 6.09 Å². The number of nitrogens with zero attached hydrogens (tertiary/aromatic N) is 1. The van der Waals surface area contributed by atoms with Crippen molar-refractivity contribution in [2.45, 2.75) is 52.7 Å². The van der Waals surface area contributed by atoms with Gasteiger partial charge < -0.3 is 15.8 Å². The van der Waals surface area contributed by atoms with Gasteiger partial charge in [0.1, 0.15) is 5.60 Å². The smallest absolute Gasteiger partial charge is 0.407 e. The van der Waals surface area contributed by atoms with Crippen LogP contribution in [0.25, 0.3) is 0 Å². The molecule has 1 heterocycles. The summed E-state index contributed by atoms with van der Waals surface area (Å²) in [5.74, 6) is 0. The minimum absolute atomic E-state index is 0.189. The van der Waals surface area contributed by atoms with Crippen molar-refractivity contribution in [1.82, 2.24) is 10.2 Å². The van der Waals surface area contributed by atoms with Crippen LogP contribution >= 0.6 is 0 Å². The molecular weight excluding hydrogens is 242 g/mol. The van der Waals surface area contributed by atoms with Gasteiger partial charge in [-0.1, -0.05) is 13.8 Å². The Morgan fingerprint density at radius 3 is 2.53 bits per heavy atom. The zero-order valence-corrected chi connectivity index (χ0v) is 13.0. The Balaban J connectivity index is 2.39. The van der Waals surface area contributed by atoms with Crippen molar-refractivity contribution in [3.05, 3.63) is 0 Å². The summed E-state index contributed by atoms with van der Waals surface area (Å²) in [6.45, 7) is 13.3. The number of amides is 1. The van der Waals surface area contributed by atoms with Crippen LogP contribution in [0.4, 0.5) is 4.79 Å². The lowest BCUT2D eigenvalue weighted by Gasteiger charge is -2.28. The maximum atomic E-state index is 11.6. The van der Waals surface area contributed by atoms with E-state index in [1.807, 2.05) is 20.8 Å². The number of hydrogen-bond donors (Lipinski definition) is 2. The van der Waals surface area contributed by atoms with Gasteiger partial charge in [0.05, 0.1) is 0 Å². The number of carbonyl (C=O) groups excluding carboxylic acids is 1. The molecular formula is C14H29N3O2. The maximum Gasteiger partial charge on any atom is 0.407 e. The minimum Gasteiger partial charge on any atom is -0.444 e. The Morgan fingerprint density at radius 2 is 2.11 bits per heavy atom. The van der Waals surface area contributed by atoms with Crippen LogP contribution in [0.2, 0.25) is 0 Å². The third kappa shape index (κ3) is 5.78. The Hall–Kier alpha value is -0.810. The zero-order chi connectivity index (χ0) is 14.7. The number of hydrogen-bond acceptors (Lipinski definition) is 4. The summed E-state index contributed by atoms with van der Waals surface area (Å²) in [5.41, 5.74) is 5.71. The molecule has 0 spiro atoms. The van der Waals surface area contributed by atoms with Crippen molar-refractivity contribution < 1.29 is 9.53 Å². The van der Waals surface area contributed by atoms with Gasteiger partial charge in [-0.25, -0.2) is 4.79 Å². The van der Waals surface area contributed by atoms with Crippen molar-refractivity contribution in [1.29, 1.82) is 0 Å². The summed E-state index contributed by atoms with van der Waals surface area (Å²) in [6, 6.07) is 0.189. The van der Waals surface area contributed by atoms with E-state index in [0.717, 1.165) is 13.1 Å². The molecule has 0 bridgehead atoms. The third-order valence-electron chi connectivity index (χ3n) is 3.38. The molecule has 1 saturated heterocycles. The first-order chi connectivity index (χ1) is 8.63. The van der Waals surface area contributed by atoms with E-state index in [-0.39, 0.29) is 12.1 Å². The second-order valence-electron chi connectivity index (χ2n) is 7.16. The van der Waals surface area contributed by atoms with Crippen molar-refractivity contribution in [2.24, 2.45) is 11.1 Å². The zero-order valence-electron chi connectivity index (χ0n) is 13.0. The molecule has 5 heteroatoms. The van der Waals surface area contributed by atoms with E-state index >= 15 is 0 Å². The first kappa shape index (κ1) is 16.2. The number of alkyl carbamates (subject to hydrolysis) is 1. The Bertz CT molecular complexity index is 310. The summed E-state index contributed by atoms with van der Waals surface area (Å²) >= 11 is 0. The molecule has 1 atom stereocenters. The summed E-state index contributed by atoms with van der Waals surface area (Å²) in [7, 11) is 0. The van der Waals surface area contributed by atoms with Gasteiger partial charge in [-0.3, -0.25) is 4.90 Å². The monoisotopic (exact) mass is 271 g/mol. The first-order valence-corrected chi connectivity index (χ1v) is 7.04. The van der Waals surface area contributed by atoms with Gasteiger partial charge in [-0.2, -0.15) is 0 Å². The highest BCUT2D eigenvalue weighted by Gasteiger charge is 2.32. The molecule has 1 amide bonds. The van der Waals surface area contributed by atoms with Crippen molar-refractivity contribution >= 4 is 6.09 Å². The van der Waals surface area contributed by atoms with Crippen LogP contribution in [0.15, 0.2) is 0 Å². The lowest BCUT2D eigenvalue weighted by Crippen LogP contribution is -2.48. The van der Waals surface area contributed by atoms with Gasteiger partial charge in [0.25, 0.3) is 0 Å². The van der Waals surface area contributed by atoms with E-state index < -0.39 is 5.60 Å². The highest BCUT2D eigenvalue weighted by molar-refractivity contribution is 5.67. The average molecular weight is 271 g/mol. The molecule has 0 radical (unpaired) electrons. The standard InChI is InChI=1S/C14H29N3O2/c1-13(2,3)19-12(18)16-9-11(8-15)17-7-6-14(4,5)10-17/h11H,6-10,15H2,1-5H3,(H,16,18). The number of ether oxygens (including phenoxy) is 1. The van der Waals surface area contributed by atoms with E-state index in [1.54, 1.807) is 0 Å². The summed E-state index contributed by atoms with van der Waals surface area (Å²) in [4.78, 5) is 14.0. The third-order valence-corrected chi connectivity index (χ3v) is 3.38. The SMILES string of the molecule is CC1(C)CCN(C(CN)CNC(=O)OC(C)(C)C)C1. The van der Waals surface area contributed by atoms with Gasteiger partial charge in [0, 0.05) is 25.7 Å². The fourth-order valence-electron chi connectivity index (χ4n) is 2.34. The van der Waals surface area contributed by atoms with E-state index in [2.05, 4.69) is 24.1 Å². The predicted octanol–water partition coefficient (Wildman–Crippen LogP) is 1.57.